The molecule has 1 aliphatic heterocycles. The van der Waals surface area contributed by atoms with Crippen LogP contribution in [-0.2, 0) is 11.3 Å². The molecule has 0 amide bonds. The lowest BCUT2D eigenvalue weighted by Crippen LogP contribution is -2.30. The van der Waals surface area contributed by atoms with Crippen molar-refractivity contribution < 1.29 is 4.74 Å². The molecule has 2 atom stereocenters. The average molecular weight is 297 g/mol. The van der Waals surface area contributed by atoms with Crippen molar-refractivity contribution in [3.63, 3.8) is 0 Å². The molecule has 0 bridgehead atoms. The molecule has 0 spiro atoms. The third-order valence-corrected chi connectivity index (χ3v) is 4.31. The fourth-order valence-corrected chi connectivity index (χ4v) is 2.96. The summed E-state index contributed by atoms with van der Waals surface area (Å²) >= 11 is 5.43. The molecule has 0 aliphatic carbocycles. The van der Waals surface area contributed by atoms with E-state index in [-0.39, 0.29) is 6.04 Å². The maximum absolute atomic E-state index is 5.77. The second-order valence-corrected chi connectivity index (χ2v) is 5.80. The van der Waals surface area contributed by atoms with E-state index in [9.17, 15) is 0 Å². The summed E-state index contributed by atoms with van der Waals surface area (Å²) in [6.45, 7) is 1.51. The first-order chi connectivity index (χ1) is 10.3. The third-order valence-electron chi connectivity index (χ3n) is 3.91. The monoisotopic (exact) mass is 297 g/mol. The summed E-state index contributed by atoms with van der Waals surface area (Å²) in [5.74, 6) is 0.523. The van der Waals surface area contributed by atoms with E-state index in [2.05, 4.69) is 47.8 Å². The number of hydrogen-bond acceptors (Lipinski definition) is 3. The average Bonchev–Trinajstić information content (AvgIpc) is 3.04. The summed E-state index contributed by atoms with van der Waals surface area (Å²) in [6, 6.07) is 20.9. The van der Waals surface area contributed by atoms with E-state index in [4.69, 9.17) is 17.0 Å². The summed E-state index contributed by atoms with van der Waals surface area (Å²) in [7, 11) is 0. The number of hydrogen-bond donors (Lipinski definition) is 1. The van der Waals surface area contributed by atoms with E-state index in [1.807, 2.05) is 18.2 Å². The zero-order chi connectivity index (χ0) is 14.5. The molecule has 1 N–H and O–H groups in total. The molecular formula is C18H19NOS. The quantitative estimate of drug-likeness (QED) is 0.870. The van der Waals surface area contributed by atoms with Crippen molar-refractivity contribution in [1.82, 2.24) is 5.32 Å². The van der Waals surface area contributed by atoms with Gasteiger partial charge >= 0.3 is 0 Å². The van der Waals surface area contributed by atoms with Crippen LogP contribution in [0.5, 0.6) is 0 Å². The van der Waals surface area contributed by atoms with Gasteiger partial charge in [0.05, 0.1) is 6.04 Å². The van der Waals surface area contributed by atoms with Gasteiger partial charge in [0, 0.05) is 6.54 Å². The van der Waals surface area contributed by atoms with Crippen LogP contribution in [0.4, 0.5) is 0 Å². The zero-order valence-corrected chi connectivity index (χ0v) is 12.7. The Morgan fingerprint density at radius 3 is 2.43 bits per heavy atom. The van der Waals surface area contributed by atoms with Gasteiger partial charge in [0.2, 0.25) is 0 Å². The highest BCUT2D eigenvalue weighted by atomic mass is 32.1. The van der Waals surface area contributed by atoms with Crippen LogP contribution in [0.2, 0.25) is 0 Å². The maximum Gasteiger partial charge on any atom is 0.177 e. The van der Waals surface area contributed by atoms with E-state index in [1.165, 1.54) is 5.56 Å². The van der Waals surface area contributed by atoms with Gasteiger partial charge in [0.1, 0.15) is 6.61 Å². The Morgan fingerprint density at radius 1 is 1.05 bits per heavy atom. The highest BCUT2D eigenvalue weighted by Gasteiger charge is 2.28. The fraction of sp³-hybridized carbons (Fsp3) is 0.278. The first kappa shape index (κ1) is 14.2. The van der Waals surface area contributed by atoms with Gasteiger partial charge in [-0.25, -0.2) is 0 Å². The number of thiocarbonyl (C=S) groups is 1. The van der Waals surface area contributed by atoms with E-state index in [0.29, 0.717) is 17.6 Å². The molecule has 1 aliphatic rings. The SMILES string of the molecule is S=C(OCc1ccccc1)[C@@H]1C[C@H](c2ccccc2)CN1. The molecule has 108 valence electrons. The lowest BCUT2D eigenvalue weighted by Gasteiger charge is -2.14. The van der Waals surface area contributed by atoms with Crippen LogP contribution < -0.4 is 5.32 Å². The minimum atomic E-state index is 0.175. The molecule has 1 heterocycles. The van der Waals surface area contributed by atoms with Crippen LogP contribution in [-0.4, -0.2) is 17.6 Å². The number of rotatable bonds is 4. The maximum atomic E-state index is 5.77. The molecule has 0 unspecified atom stereocenters. The van der Waals surface area contributed by atoms with Crippen molar-refractivity contribution in [2.75, 3.05) is 6.54 Å². The summed E-state index contributed by atoms with van der Waals surface area (Å²) in [6.07, 6.45) is 1.01. The van der Waals surface area contributed by atoms with Crippen molar-refractivity contribution in [2.24, 2.45) is 0 Å². The van der Waals surface area contributed by atoms with Crippen molar-refractivity contribution in [3.05, 3.63) is 71.8 Å². The van der Waals surface area contributed by atoms with E-state index < -0.39 is 0 Å². The predicted octanol–water partition coefficient (Wildman–Crippen LogP) is 3.68. The van der Waals surface area contributed by atoms with Gasteiger partial charge in [0.15, 0.2) is 5.05 Å². The first-order valence-corrected chi connectivity index (χ1v) is 7.72. The Kier molecular flexibility index (Phi) is 4.63. The summed E-state index contributed by atoms with van der Waals surface area (Å²) in [4.78, 5) is 0. The molecule has 0 saturated carbocycles. The highest BCUT2D eigenvalue weighted by Crippen LogP contribution is 2.26. The van der Waals surface area contributed by atoms with E-state index in [0.717, 1.165) is 18.5 Å². The Bertz CT molecular complexity index is 585. The molecule has 1 fully saturated rings. The smallest absolute Gasteiger partial charge is 0.177 e. The Balaban J connectivity index is 1.53. The normalized spacial score (nSPS) is 21.1. The van der Waals surface area contributed by atoms with Crippen LogP contribution in [0.15, 0.2) is 60.7 Å². The van der Waals surface area contributed by atoms with Gasteiger partial charge in [0.25, 0.3) is 0 Å². The number of benzene rings is 2. The van der Waals surface area contributed by atoms with Crippen LogP contribution >= 0.6 is 12.2 Å². The number of ether oxygens (including phenoxy) is 1. The molecule has 1 saturated heterocycles. The lowest BCUT2D eigenvalue weighted by molar-refractivity contribution is 0.284. The zero-order valence-electron chi connectivity index (χ0n) is 11.9. The molecular weight excluding hydrogens is 278 g/mol. The molecule has 0 aromatic heterocycles. The highest BCUT2D eigenvalue weighted by molar-refractivity contribution is 7.80. The van der Waals surface area contributed by atoms with Gasteiger partial charge < -0.3 is 10.1 Å². The summed E-state index contributed by atoms with van der Waals surface area (Å²) < 4.78 is 5.77. The Morgan fingerprint density at radius 2 is 1.71 bits per heavy atom. The fourth-order valence-electron chi connectivity index (χ4n) is 2.72. The summed E-state index contributed by atoms with van der Waals surface area (Å²) in [5, 5.41) is 4.15. The lowest BCUT2D eigenvalue weighted by atomic mass is 9.96. The molecule has 2 nitrogen and oxygen atoms in total. The predicted molar refractivity (Wildman–Crippen MR) is 89.4 cm³/mol. The van der Waals surface area contributed by atoms with Crippen molar-refractivity contribution in [1.29, 1.82) is 0 Å². The largest absolute Gasteiger partial charge is 0.481 e. The molecule has 2 aromatic rings. The Labute approximate surface area is 131 Å². The minimum absolute atomic E-state index is 0.175. The van der Waals surface area contributed by atoms with Crippen molar-refractivity contribution in [3.8, 4) is 0 Å². The third kappa shape index (κ3) is 3.69. The first-order valence-electron chi connectivity index (χ1n) is 7.32. The van der Waals surface area contributed by atoms with Gasteiger partial charge in [-0.2, -0.15) is 0 Å². The second-order valence-electron chi connectivity index (χ2n) is 5.40. The standard InChI is InChI=1S/C18H19NOS/c21-18(20-13-14-7-3-1-4-8-14)17-11-16(12-19-17)15-9-5-2-6-10-15/h1-10,16-17,19H,11-13H2/t16-,17-/m0/s1. The molecule has 0 radical (unpaired) electrons. The van der Waals surface area contributed by atoms with Gasteiger partial charge in [-0.05, 0) is 35.7 Å². The Hall–Kier alpha value is -1.71. The van der Waals surface area contributed by atoms with Crippen LogP contribution in [0.3, 0.4) is 0 Å². The van der Waals surface area contributed by atoms with Gasteiger partial charge in [-0.15, -0.1) is 0 Å². The van der Waals surface area contributed by atoms with E-state index in [1.54, 1.807) is 0 Å². The molecule has 2 aromatic carbocycles. The van der Waals surface area contributed by atoms with Crippen LogP contribution in [0.1, 0.15) is 23.5 Å². The van der Waals surface area contributed by atoms with Crippen LogP contribution in [0.25, 0.3) is 0 Å². The van der Waals surface area contributed by atoms with Crippen LogP contribution in [0, 0.1) is 0 Å². The topological polar surface area (TPSA) is 21.3 Å². The second kappa shape index (κ2) is 6.83. The van der Waals surface area contributed by atoms with E-state index >= 15 is 0 Å². The number of nitrogens with one attached hydrogen (secondary N) is 1. The van der Waals surface area contributed by atoms with Gasteiger partial charge in [-0.1, -0.05) is 60.7 Å². The summed E-state index contributed by atoms with van der Waals surface area (Å²) in [5.41, 5.74) is 2.52. The molecule has 3 rings (SSSR count). The van der Waals surface area contributed by atoms with Gasteiger partial charge in [-0.3, -0.25) is 0 Å². The minimum Gasteiger partial charge on any atom is -0.481 e. The van der Waals surface area contributed by atoms with Crippen molar-refractivity contribution >= 4 is 17.3 Å². The molecule has 21 heavy (non-hydrogen) atoms. The van der Waals surface area contributed by atoms with Crippen molar-refractivity contribution in [2.45, 2.75) is 25.0 Å². The molecule has 3 heteroatoms.